The van der Waals surface area contributed by atoms with Gasteiger partial charge < -0.3 is 19.9 Å². The third-order valence-corrected chi connectivity index (χ3v) is 4.26. The molecule has 6 heteroatoms. The molecule has 1 atom stereocenters. The summed E-state index contributed by atoms with van der Waals surface area (Å²) < 4.78 is 10.0. The molecule has 1 amide bonds. The summed E-state index contributed by atoms with van der Waals surface area (Å²) in [5, 5.41) is 13.2. The molecule has 2 rings (SSSR count). The Morgan fingerprint density at radius 2 is 2.05 bits per heavy atom. The second-order valence-corrected chi connectivity index (χ2v) is 5.74. The lowest BCUT2D eigenvalue weighted by atomic mass is 9.78. The van der Waals surface area contributed by atoms with Crippen molar-refractivity contribution in [1.29, 1.82) is 0 Å². The van der Waals surface area contributed by atoms with E-state index in [4.69, 9.17) is 9.47 Å². The molecular weight excluding hydrogens is 262 g/mol. The van der Waals surface area contributed by atoms with Crippen LogP contribution in [0.4, 0.5) is 0 Å². The van der Waals surface area contributed by atoms with Gasteiger partial charge in [-0.2, -0.15) is 0 Å². The molecule has 1 saturated carbocycles. The van der Waals surface area contributed by atoms with Crippen molar-refractivity contribution in [2.75, 3.05) is 20.3 Å². The first-order valence-corrected chi connectivity index (χ1v) is 7.23. The normalized spacial score (nSPS) is 33.7. The van der Waals surface area contributed by atoms with Crippen LogP contribution in [-0.4, -0.2) is 48.9 Å². The Morgan fingerprint density at radius 3 is 2.60 bits per heavy atom. The molecule has 0 aromatic heterocycles. The molecule has 114 valence electrons. The Morgan fingerprint density at radius 1 is 1.35 bits per heavy atom. The molecule has 1 aliphatic carbocycles. The molecule has 1 aliphatic heterocycles. The highest BCUT2D eigenvalue weighted by atomic mass is 16.5. The number of carbonyl (C=O) groups is 2. The Labute approximate surface area is 118 Å². The van der Waals surface area contributed by atoms with Gasteiger partial charge in [0.25, 0.3) is 0 Å². The number of hydrogen-bond acceptors (Lipinski definition) is 5. The summed E-state index contributed by atoms with van der Waals surface area (Å²) in [7, 11) is 1.38. The molecule has 0 radical (unpaired) electrons. The fraction of sp³-hybridized carbons (Fsp3) is 0.857. The summed E-state index contributed by atoms with van der Waals surface area (Å²) in [6.07, 6.45) is 3.47. The molecule has 1 heterocycles. The van der Waals surface area contributed by atoms with Gasteiger partial charge in [-0.25, -0.2) is 0 Å². The van der Waals surface area contributed by atoms with Crippen molar-refractivity contribution < 1.29 is 24.2 Å². The summed E-state index contributed by atoms with van der Waals surface area (Å²) >= 11 is 0. The first-order valence-electron chi connectivity index (χ1n) is 7.23. The zero-order valence-electron chi connectivity index (χ0n) is 11.9. The van der Waals surface area contributed by atoms with Crippen LogP contribution in [0.25, 0.3) is 0 Å². The van der Waals surface area contributed by atoms with E-state index in [9.17, 15) is 14.7 Å². The largest absolute Gasteiger partial charge is 0.469 e. The van der Waals surface area contributed by atoms with Crippen molar-refractivity contribution in [3.63, 3.8) is 0 Å². The minimum atomic E-state index is -0.918. The predicted molar refractivity (Wildman–Crippen MR) is 70.9 cm³/mol. The lowest BCUT2D eigenvalue weighted by Crippen LogP contribution is -2.48. The predicted octanol–water partition coefficient (Wildman–Crippen LogP) is 0.376. The van der Waals surface area contributed by atoms with Gasteiger partial charge in [0.15, 0.2) is 0 Å². The molecule has 2 fully saturated rings. The number of rotatable bonds is 4. The highest BCUT2D eigenvalue weighted by Crippen LogP contribution is 2.32. The van der Waals surface area contributed by atoms with Gasteiger partial charge in [0, 0.05) is 13.2 Å². The summed E-state index contributed by atoms with van der Waals surface area (Å²) in [4.78, 5) is 23.3. The molecule has 6 nitrogen and oxygen atoms in total. The standard InChI is InChI=1S/C14H23NO5/c1-19-13(17)10-4-6-14(18,7-5-10)9-15-12(16)11-3-2-8-20-11/h10-11,18H,2-9H2,1H3,(H,15,16). The van der Waals surface area contributed by atoms with Crippen LogP contribution >= 0.6 is 0 Å². The van der Waals surface area contributed by atoms with Crippen LogP contribution in [0.15, 0.2) is 0 Å². The summed E-state index contributed by atoms with van der Waals surface area (Å²) in [6.45, 7) is 0.850. The number of carbonyl (C=O) groups excluding carboxylic acids is 2. The number of ether oxygens (including phenoxy) is 2. The topological polar surface area (TPSA) is 84.9 Å². The van der Waals surface area contributed by atoms with Crippen molar-refractivity contribution in [3.8, 4) is 0 Å². The van der Waals surface area contributed by atoms with Gasteiger partial charge in [-0.15, -0.1) is 0 Å². The van der Waals surface area contributed by atoms with Crippen LogP contribution in [0.1, 0.15) is 38.5 Å². The van der Waals surface area contributed by atoms with E-state index in [0.717, 1.165) is 12.8 Å². The van der Waals surface area contributed by atoms with E-state index in [1.54, 1.807) is 0 Å². The maximum absolute atomic E-state index is 11.8. The van der Waals surface area contributed by atoms with Gasteiger partial charge >= 0.3 is 5.97 Å². The van der Waals surface area contributed by atoms with Gasteiger partial charge in [-0.1, -0.05) is 0 Å². The average molecular weight is 285 g/mol. The first-order chi connectivity index (χ1) is 9.54. The zero-order chi connectivity index (χ0) is 14.6. The van der Waals surface area contributed by atoms with Crippen molar-refractivity contribution in [3.05, 3.63) is 0 Å². The Balaban J connectivity index is 1.75. The van der Waals surface area contributed by atoms with Gasteiger partial charge in [-0.05, 0) is 38.5 Å². The molecule has 2 N–H and O–H groups in total. The number of hydrogen-bond donors (Lipinski definition) is 2. The molecular formula is C14H23NO5. The minimum Gasteiger partial charge on any atom is -0.469 e. The van der Waals surface area contributed by atoms with E-state index < -0.39 is 5.60 Å². The number of methoxy groups -OCH3 is 1. The molecule has 0 aromatic rings. The van der Waals surface area contributed by atoms with Crippen molar-refractivity contribution in [2.24, 2.45) is 5.92 Å². The lowest BCUT2D eigenvalue weighted by Gasteiger charge is -2.35. The first kappa shape index (κ1) is 15.3. The van der Waals surface area contributed by atoms with Gasteiger partial charge in [0.1, 0.15) is 6.10 Å². The number of aliphatic hydroxyl groups is 1. The van der Waals surface area contributed by atoms with E-state index in [0.29, 0.717) is 32.3 Å². The van der Waals surface area contributed by atoms with Crippen molar-refractivity contribution >= 4 is 11.9 Å². The van der Waals surface area contributed by atoms with E-state index in [-0.39, 0.29) is 30.4 Å². The van der Waals surface area contributed by atoms with Gasteiger partial charge in [0.2, 0.25) is 5.91 Å². The number of amides is 1. The van der Waals surface area contributed by atoms with Crippen LogP contribution in [0.3, 0.4) is 0 Å². The molecule has 20 heavy (non-hydrogen) atoms. The number of nitrogens with one attached hydrogen (secondary N) is 1. The molecule has 0 bridgehead atoms. The van der Waals surface area contributed by atoms with Crippen LogP contribution in [-0.2, 0) is 19.1 Å². The quantitative estimate of drug-likeness (QED) is 0.729. The van der Waals surface area contributed by atoms with Crippen LogP contribution in [0, 0.1) is 5.92 Å². The van der Waals surface area contributed by atoms with Crippen molar-refractivity contribution in [1.82, 2.24) is 5.32 Å². The highest BCUT2D eigenvalue weighted by Gasteiger charge is 2.37. The lowest BCUT2D eigenvalue weighted by molar-refractivity contribution is -0.148. The van der Waals surface area contributed by atoms with E-state index in [1.165, 1.54) is 7.11 Å². The maximum Gasteiger partial charge on any atom is 0.308 e. The second-order valence-electron chi connectivity index (χ2n) is 5.74. The van der Waals surface area contributed by atoms with E-state index >= 15 is 0 Å². The van der Waals surface area contributed by atoms with Gasteiger partial charge in [0.05, 0.1) is 18.6 Å². The summed E-state index contributed by atoms with van der Waals surface area (Å²) in [6, 6.07) is 0. The Bertz CT molecular complexity index is 357. The van der Waals surface area contributed by atoms with Crippen LogP contribution < -0.4 is 5.32 Å². The molecule has 1 unspecified atom stereocenters. The molecule has 1 saturated heterocycles. The fourth-order valence-corrected chi connectivity index (χ4v) is 2.88. The van der Waals surface area contributed by atoms with Crippen molar-refractivity contribution in [2.45, 2.75) is 50.2 Å². The monoisotopic (exact) mass is 285 g/mol. The smallest absolute Gasteiger partial charge is 0.308 e. The highest BCUT2D eigenvalue weighted by molar-refractivity contribution is 5.81. The third kappa shape index (κ3) is 3.70. The maximum atomic E-state index is 11.8. The third-order valence-electron chi connectivity index (χ3n) is 4.26. The van der Waals surface area contributed by atoms with Crippen LogP contribution in [0.5, 0.6) is 0 Å². The minimum absolute atomic E-state index is 0.130. The number of esters is 1. The molecule has 0 aromatic carbocycles. The molecule has 2 aliphatic rings. The fourth-order valence-electron chi connectivity index (χ4n) is 2.88. The van der Waals surface area contributed by atoms with E-state index in [2.05, 4.69) is 5.32 Å². The van der Waals surface area contributed by atoms with Gasteiger partial charge in [-0.3, -0.25) is 9.59 Å². The Kier molecular flexibility index (Phi) is 4.99. The average Bonchev–Trinajstić information content (AvgIpc) is 2.99. The summed E-state index contributed by atoms with van der Waals surface area (Å²) in [5.74, 6) is -0.490. The SMILES string of the molecule is COC(=O)C1CCC(O)(CNC(=O)C2CCCO2)CC1. The van der Waals surface area contributed by atoms with E-state index in [1.807, 2.05) is 0 Å². The zero-order valence-corrected chi connectivity index (χ0v) is 11.9. The second kappa shape index (κ2) is 6.54. The van der Waals surface area contributed by atoms with Crippen LogP contribution in [0.2, 0.25) is 0 Å². The Hall–Kier alpha value is -1.14. The molecule has 0 spiro atoms. The summed E-state index contributed by atoms with van der Waals surface area (Å²) in [5.41, 5.74) is -0.918.